The van der Waals surface area contributed by atoms with Crippen LogP contribution in [0.1, 0.15) is 28.8 Å². The average Bonchev–Trinajstić information content (AvgIpc) is 3.21. The highest BCUT2D eigenvalue weighted by atomic mass is 19.1. The van der Waals surface area contributed by atoms with E-state index in [-0.39, 0.29) is 24.0 Å². The Hall–Kier alpha value is -3.22. The fourth-order valence-electron chi connectivity index (χ4n) is 4.60. The third kappa shape index (κ3) is 4.12. The second-order valence-corrected chi connectivity index (χ2v) is 8.31. The molecule has 170 valence electrons. The van der Waals surface area contributed by atoms with Gasteiger partial charge in [0, 0.05) is 44.3 Å². The van der Waals surface area contributed by atoms with Crippen molar-refractivity contribution in [2.45, 2.75) is 25.0 Å². The number of carbonyl (C=O) groups excluding carboxylic acids is 1. The molecular weight excluding hydrogens is 423 g/mol. The molecule has 2 aliphatic heterocycles. The number of methoxy groups -OCH3 is 1. The first kappa shape index (κ1) is 21.6. The Kier molecular flexibility index (Phi) is 5.87. The van der Waals surface area contributed by atoms with Gasteiger partial charge in [-0.2, -0.15) is 0 Å². The average molecular weight is 448 g/mol. The molecule has 3 aromatic carbocycles. The molecule has 6 heteroatoms. The van der Waals surface area contributed by atoms with Crippen LogP contribution in [0.4, 0.5) is 4.39 Å². The van der Waals surface area contributed by atoms with Crippen molar-refractivity contribution in [3.8, 4) is 16.9 Å². The van der Waals surface area contributed by atoms with E-state index < -0.39 is 0 Å². The first-order chi connectivity index (χ1) is 16.1. The minimum absolute atomic E-state index is 0.142. The first-order valence-corrected chi connectivity index (χ1v) is 11.1. The van der Waals surface area contributed by atoms with Crippen molar-refractivity contribution in [3.05, 3.63) is 77.6 Å². The van der Waals surface area contributed by atoms with Gasteiger partial charge >= 0.3 is 5.97 Å². The van der Waals surface area contributed by atoms with Crippen LogP contribution in [0.25, 0.3) is 21.9 Å². The number of esters is 1. The molecule has 3 aromatic rings. The summed E-state index contributed by atoms with van der Waals surface area (Å²) in [5.41, 5.74) is 2.03. The van der Waals surface area contributed by atoms with Crippen LogP contribution in [-0.2, 0) is 20.8 Å². The number of rotatable bonds is 6. The van der Waals surface area contributed by atoms with Crippen molar-refractivity contribution in [2.24, 2.45) is 0 Å². The molecule has 0 N–H and O–H groups in total. The van der Waals surface area contributed by atoms with Gasteiger partial charge in [0.15, 0.2) is 0 Å². The van der Waals surface area contributed by atoms with Crippen molar-refractivity contribution in [1.82, 2.24) is 0 Å². The van der Waals surface area contributed by atoms with Crippen LogP contribution in [0.15, 0.2) is 60.7 Å². The van der Waals surface area contributed by atoms with Gasteiger partial charge in [-0.1, -0.05) is 30.3 Å². The van der Waals surface area contributed by atoms with E-state index in [4.69, 9.17) is 18.9 Å². The summed E-state index contributed by atoms with van der Waals surface area (Å²) in [6, 6.07) is 14.0. The second-order valence-electron chi connectivity index (χ2n) is 8.31. The van der Waals surface area contributed by atoms with E-state index >= 15 is 0 Å². The van der Waals surface area contributed by atoms with E-state index in [1.165, 1.54) is 6.07 Å². The van der Waals surface area contributed by atoms with Gasteiger partial charge in [-0.25, -0.2) is 9.18 Å². The summed E-state index contributed by atoms with van der Waals surface area (Å²) in [7, 11) is 1.72. The zero-order valence-corrected chi connectivity index (χ0v) is 18.4. The monoisotopic (exact) mass is 448 g/mol. The number of hydrogen-bond donors (Lipinski definition) is 0. The smallest absolute Gasteiger partial charge is 0.338 e. The molecule has 2 heterocycles. The fraction of sp³-hybridized carbons (Fsp3) is 0.296. The molecular formula is C27H25FO5. The molecule has 0 saturated carbocycles. The third-order valence-corrected chi connectivity index (χ3v) is 6.44. The van der Waals surface area contributed by atoms with Gasteiger partial charge in [0.1, 0.15) is 24.8 Å². The molecule has 0 spiro atoms. The highest BCUT2D eigenvalue weighted by Gasteiger charge is 2.29. The normalized spacial score (nSPS) is 17.3. The van der Waals surface area contributed by atoms with Crippen LogP contribution >= 0.6 is 0 Å². The molecule has 1 saturated heterocycles. The Morgan fingerprint density at radius 2 is 1.91 bits per heavy atom. The predicted molar refractivity (Wildman–Crippen MR) is 123 cm³/mol. The number of hydrogen-bond acceptors (Lipinski definition) is 5. The van der Waals surface area contributed by atoms with Crippen LogP contribution in [0.3, 0.4) is 0 Å². The van der Waals surface area contributed by atoms with Crippen LogP contribution < -0.4 is 4.74 Å². The quantitative estimate of drug-likeness (QED) is 0.371. The number of ether oxygens (including phenoxy) is 4. The van der Waals surface area contributed by atoms with E-state index in [0.717, 1.165) is 29.2 Å². The number of benzene rings is 3. The van der Waals surface area contributed by atoms with E-state index in [1.807, 2.05) is 24.3 Å². The Bertz CT molecular complexity index is 1230. The summed E-state index contributed by atoms with van der Waals surface area (Å²) in [4.78, 5) is 12.3. The Labute approximate surface area is 191 Å². The second kappa shape index (κ2) is 8.96. The SMILES string of the molecule is COC1(C=CCOc2ccc3c(-c4ccccc4F)c4c(cc3c2)C(=O)OC4)CCOCC1. The zero-order chi connectivity index (χ0) is 22.8. The van der Waals surface area contributed by atoms with Gasteiger partial charge in [-0.05, 0) is 46.7 Å². The van der Waals surface area contributed by atoms with Gasteiger partial charge in [-0.3, -0.25) is 0 Å². The summed E-state index contributed by atoms with van der Waals surface area (Å²) in [5.74, 6) is -0.0614. The molecule has 2 aliphatic rings. The van der Waals surface area contributed by atoms with Crippen molar-refractivity contribution >= 4 is 16.7 Å². The molecule has 0 aliphatic carbocycles. The number of fused-ring (bicyclic) bond motifs is 2. The Morgan fingerprint density at radius 3 is 2.70 bits per heavy atom. The maximum atomic E-state index is 14.7. The van der Waals surface area contributed by atoms with Gasteiger partial charge < -0.3 is 18.9 Å². The first-order valence-electron chi connectivity index (χ1n) is 11.1. The minimum atomic E-state index is -0.389. The molecule has 1 fully saturated rings. The van der Waals surface area contributed by atoms with Crippen LogP contribution in [0.2, 0.25) is 0 Å². The summed E-state index contributed by atoms with van der Waals surface area (Å²) in [5, 5.41) is 1.64. The maximum absolute atomic E-state index is 14.7. The van der Waals surface area contributed by atoms with E-state index in [1.54, 1.807) is 31.4 Å². The lowest BCUT2D eigenvalue weighted by Crippen LogP contribution is -2.36. The number of halogens is 1. The van der Waals surface area contributed by atoms with E-state index in [2.05, 4.69) is 6.08 Å². The lowest BCUT2D eigenvalue weighted by Gasteiger charge is -2.33. The van der Waals surface area contributed by atoms with E-state index in [9.17, 15) is 9.18 Å². The van der Waals surface area contributed by atoms with Gasteiger partial charge in [0.25, 0.3) is 0 Å². The van der Waals surface area contributed by atoms with Crippen LogP contribution in [0, 0.1) is 5.82 Å². The summed E-state index contributed by atoms with van der Waals surface area (Å²) in [6.07, 6.45) is 5.64. The van der Waals surface area contributed by atoms with Crippen molar-refractivity contribution in [3.63, 3.8) is 0 Å². The van der Waals surface area contributed by atoms with Gasteiger partial charge in [-0.15, -0.1) is 0 Å². The summed E-state index contributed by atoms with van der Waals surface area (Å²) >= 11 is 0. The summed E-state index contributed by atoms with van der Waals surface area (Å²) < 4.78 is 37.0. The van der Waals surface area contributed by atoms with Crippen LogP contribution in [-0.4, -0.2) is 38.5 Å². The topological polar surface area (TPSA) is 54.0 Å². The minimum Gasteiger partial charge on any atom is -0.490 e. The standard InChI is InChI=1S/C27H25FO5/c1-30-27(10-13-31-14-11-27)9-4-12-32-19-7-8-20-18(15-19)16-22-23(17-33-26(22)29)25(20)21-5-2-3-6-24(21)28/h2-9,15-16H,10-14,17H2,1H3. The molecule has 0 unspecified atom stereocenters. The number of carbonyl (C=O) groups is 1. The summed E-state index contributed by atoms with van der Waals surface area (Å²) in [6.45, 7) is 1.88. The number of cyclic esters (lactones) is 1. The van der Waals surface area contributed by atoms with Crippen molar-refractivity contribution < 1.29 is 28.1 Å². The van der Waals surface area contributed by atoms with Gasteiger partial charge in [0.05, 0.1) is 11.2 Å². The molecule has 0 aromatic heterocycles. The Balaban J connectivity index is 1.45. The fourth-order valence-corrected chi connectivity index (χ4v) is 4.60. The lowest BCUT2D eigenvalue weighted by molar-refractivity contribution is -0.0588. The zero-order valence-electron chi connectivity index (χ0n) is 18.4. The molecule has 5 nitrogen and oxygen atoms in total. The molecule has 0 amide bonds. The van der Waals surface area contributed by atoms with Crippen molar-refractivity contribution in [1.29, 1.82) is 0 Å². The van der Waals surface area contributed by atoms with Gasteiger partial charge in [0.2, 0.25) is 0 Å². The molecule has 33 heavy (non-hydrogen) atoms. The molecule has 0 atom stereocenters. The highest BCUT2D eigenvalue weighted by molar-refractivity contribution is 6.07. The maximum Gasteiger partial charge on any atom is 0.338 e. The Morgan fingerprint density at radius 1 is 1.09 bits per heavy atom. The molecule has 0 radical (unpaired) electrons. The highest BCUT2D eigenvalue weighted by Crippen LogP contribution is 2.40. The molecule has 5 rings (SSSR count). The third-order valence-electron chi connectivity index (χ3n) is 6.44. The lowest BCUT2D eigenvalue weighted by atomic mass is 9.90. The van der Waals surface area contributed by atoms with E-state index in [0.29, 0.717) is 42.3 Å². The largest absolute Gasteiger partial charge is 0.490 e. The predicted octanol–water partition coefficient (Wildman–Crippen LogP) is 5.45. The van der Waals surface area contributed by atoms with Crippen molar-refractivity contribution in [2.75, 3.05) is 26.9 Å². The van der Waals surface area contributed by atoms with Crippen LogP contribution in [0.5, 0.6) is 5.75 Å². The molecule has 0 bridgehead atoms.